The molecule has 0 spiro atoms. The van der Waals surface area contributed by atoms with Gasteiger partial charge in [0.15, 0.2) is 0 Å². The average molecular weight is 235 g/mol. The molecule has 0 fully saturated rings. The highest BCUT2D eigenvalue weighted by molar-refractivity contribution is 5.73. The summed E-state index contributed by atoms with van der Waals surface area (Å²) in [7, 11) is 2.03. The number of carbonyl (C=O) groups excluding carboxylic acids is 1. The second-order valence-electron chi connectivity index (χ2n) is 3.99. The van der Waals surface area contributed by atoms with Crippen LogP contribution >= 0.6 is 0 Å². The molecule has 1 aromatic carbocycles. The number of nitrogens with one attached hydrogen (secondary N) is 2. The Morgan fingerprint density at radius 1 is 1.24 bits per heavy atom. The molecule has 0 radical (unpaired) electrons. The Balaban J connectivity index is 2.13. The van der Waals surface area contributed by atoms with Gasteiger partial charge in [0.05, 0.1) is 0 Å². The molecule has 0 aliphatic carbocycles. The fourth-order valence-electron chi connectivity index (χ4n) is 1.36. The fraction of sp³-hybridized carbons (Fsp3) is 0.462. The van der Waals surface area contributed by atoms with Crippen LogP contribution < -0.4 is 10.6 Å². The van der Waals surface area contributed by atoms with Crippen LogP contribution in [0.25, 0.3) is 0 Å². The number of hydrogen-bond donors (Lipinski definition) is 2. The van der Waals surface area contributed by atoms with Gasteiger partial charge in [0.25, 0.3) is 0 Å². The molecule has 0 saturated heterocycles. The maximum atomic E-state index is 11.4. The molecule has 1 rings (SSSR count). The van der Waals surface area contributed by atoms with Crippen molar-refractivity contribution in [3.05, 3.63) is 35.9 Å². The van der Waals surface area contributed by atoms with E-state index in [2.05, 4.69) is 22.5 Å². The quantitative estimate of drug-likeness (QED) is 0.783. The maximum absolute atomic E-state index is 11.4. The third-order valence-corrected chi connectivity index (χ3v) is 2.61. The van der Waals surface area contributed by atoms with Gasteiger partial charge >= 0.3 is 6.03 Å². The molecule has 2 N–H and O–H groups in total. The van der Waals surface area contributed by atoms with Gasteiger partial charge in [-0.05, 0) is 19.2 Å². The van der Waals surface area contributed by atoms with E-state index in [4.69, 9.17) is 0 Å². The summed E-state index contributed by atoms with van der Waals surface area (Å²) in [6.07, 6.45) is 0. The fourth-order valence-corrected chi connectivity index (χ4v) is 1.36. The van der Waals surface area contributed by atoms with Crippen LogP contribution in [0.1, 0.15) is 12.5 Å². The van der Waals surface area contributed by atoms with Crippen molar-refractivity contribution in [2.24, 2.45) is 0 Å². The van der Waals surface area contributed by atoms with Crippen LogP contribution in [0.2, 0.25) is 0 Å². The van der Waals surface area contributed by atoms with E-state index >= 15 is 0 Å². The van der Waals surface area contributed by atoms with Crippen molar-refractivity contribution in [3.63, 3.8) is 0 Å². The van der Waals surface area contributed by atoms with E-state index in [0.29, 0.717) is 13.1 Å². The van der Waals surface area contributed by atoms with E-state index in [-0.39, 0.29) is 6.03 Å². The Bertz CT molecular complexity index is 327. The zero-order chi connectivity index (χ0) is 12.5. The largest absolute Gasteiger partial charge is 0.337 e. The molecule has 0 bridgehead atoms. The van der Waals surface area contributed by atoms with Gasteiger partial charge in [-0.2, -0.15) is 0 Å². The molecular formula is C13H21N3O. The van der Waals surface area contributed by atoms with Crippen LogP contribution in [0, 0.1) is 0 Å². The molecule has 0 aliphatic rings. The summed E-state index contributed by atoms with van der Waals surface area (Å²) in [5.41, 5.74) is 1.10. The minimum absolute atomic E-state index is 0.113. The molecule has 0 unspecified atom stereocenters. The van der Waals surface area contributed by atoms with Gasteiger partial charge in [0.1, 0.15) is 0 Å². The van der Waals surface area contributed by atoms with Crippen LogP contribution in [0.4, 0.5) is 4.79 Å². The van der Waals surface area contributed by atoms with E-state index < -0.39 is 0 Å². The van der Waals surface area contributed by atoms with Crippen molar-refractivity contribution >= 4 is 6.03 Å². The summed E-state index contributed by atoms with van der Waals surface area (Å²) in [6.45, 7) is 5.19. The van der Waals surface area contributed by atoms with E-state index in [1.165, 1.54) is 0 Å². The minimum atomic E-state index is -0.113. The lowest BCUT2D eigenvalue weighted by Crippen LogP contribution is -2.39. The standard InChI is InChI=1S/C13H21N3O/c1-3-16(2)10-9-14-13(17)15-11-12-7-5-4-6-8-12/h4-8H,3,9-11H2,1-2H3,(H2,14,15,17). The molecule has 94 valence electrons. The van der Waals surface area contributed by atoms with Gasteiger partial charge in [-0.15, -0.1) is 0 Å². The predicted molar refractivity (Wildman–Crippen MR) is 69.9 cm³/mol. The summed E-state index contributed by atoms with van der Waals surface area (Å²) in [6, 6.07) is 9.76. The molecule has 0 heterocycles. The van der Waals surface area contributed by atoms with Gasteiger partial charge < -0.3 is 15.5 Å². The van der Waals surface area contributed by atoms with Crippen LogP contribution in [-0.4, -0.2) is 37.6 Å². The van der Waals surface area contributed by atoms with Gasteiger partial charge in [0.2, 0.25) is 0 Å². The molecular weight excluding hydrogens is 214 g/mol. The normalized spacial score (nSPS) is 10.3. The summed E-state index contributed by atoms with van der Waals surface area (Å²) < 4.78 is 0. The van der Waals surface area contributed by atoms with Crippen molar-refractivity contribution in [1.82, 2.24) is 15.5 Å². The molecule has 0 aromatic heterocycles. The lowest BCUT2D eigenvalue weighted by Gasteiger charge is -2.14. The SMILES string of the molecule is CCN(C)CCNC(=O)NCc1ccccc1. The highest BCUT2D eigenvalue weighted by Gasteiger charge is 2.00. The number of nitrogens with zero attached hydrogens (tertiary/aromatic N) is 1. The predicted octanol–water partition coefficient (Wildman–Crippen LogP) is 1.44. The smallest absolute Gasteiger partial charge is 0.315 e. The first-order chi connectivity index (χ1) is 8.22. The first-order valence-electron chi connectivity index (χ1n) is 5.96. The summed E-state index contributed by atoms with van der Waals surface area (Å²) in [5.74, 6) is 0. The Labute approximate surface area is 103 Å². The molecule has 4 nitrogen and oxygen atoms in total. The number of carbonyl (C=O) groups is 1. The Hall–Kier alpha value is -1.55. The van der Waals surface area contributed by atoms with E-state index in [9.17, 15) is 4.79 Å². The van der Waals surface area contributed by atoms with Gasteiger partial charge in [-0.25, -0.2) is 4.79 Å². The molecule has 17 heavy (non-hydrogen) atoms. The third kappa shape index (κ3) is 5.92. The lowest BCUT2D eigenvalue weighted by molar-refractivity contribution is 0.238. The van der Waals surface area contributed by atoms with Crippen LogP contribution in [-0.2, 0) is 6.54 Å². The summed E-state index contributed by atoms with van der Waals surface area (Å²) >= 11 is 0. The second-order valence-corrected chi connectivity index (χ2v) is 3.99. The van der Waals surface area contributed by atoms with E-state index in [0.717, 1.165) is 18.7 Å². The number of benzene rings is 1. The number of hydrogen-bond acceptors (Lipinski definition) is 2. The zero-order valence-electron chi connectivity index (χ0n) is 10.6. The number of likely N-dealkylation sites (N-methyl/N-ethyl adjacent to an activating group) is 1. The van der Waals surface area contributed by atoms with Crippen molar-refractivity contribution in [2.75, 3.05) is 26.7 Å². The maximum Gasteiger partial charge on any atom is 0.315 e. The number of urea groups is 1. The first kappa shape index (κ1) is 13.5. The summed E-state index contributed by atoms with van der Waals surface area (Å²) in [4.78, 5) is 13.6. The van der Waals surface area contributed by atoms with Crippen LogP contribution in [0.5, 0.6) is 0 Å². The number of rotatable bonds is 6. The van der Waals surface area contributed by atoms with Gasteiger partial charge in [-0.1, -0.05) is 37.3 Å². The van der Waals surface area contributed by atoms with E-state index in [1.54, 1.807) is 0 Å². The monoisotopic (exact) mass is 235 g/mol. The Kier molecular flexibility index (Phi) is 6.10. The third-order valence-electron chi connectivity index (χ3n) is 2.61. The topological polar surface area (TPSA) is 44.4 Å². The molecule has 2 amide bonds. The Morgan fingerprint density at radius 2 is 1.94 bits per heavy atom. The lowest BCUT2D eigenvalue weighted by atomic mass is 10.2. The van der Waals surface area contributed by atoms with E-state index in [1.807, 2.05) is 37.4 Å². The molecule has 0 atom stereocenters. The molecule has 1 aromatic rings. The minimum Gasteiger partial charge on any atom is -0.337 e. The van der Waals surface area contributed by atoms with Crippen molar-refractivity contribution in [1.29, 1.82) is 0 Å². The second kappa shape index (κ2) is 7.68. The average Bonchev–Trinajstić information content (AvgIpc) is 2.37. The summed E-state index contributed by atoms with van der Waals surface area (Å²) in [5, 5.41) is 5.65. The van der Waals surface area contributed by atoms with Crippen LogP contribution in [0.3, 0.4) is 0 Å². The Morgan fingerprint density at radius 3 is 2.59 bits per heavy atom. The van der Waals surface area contributed by atoms with Gasteiger partial charge in [-0.3, -0.25) is 0 Å². The van der Waals surface area contributed by atoms with Crippen molar-refractivity contribution in [2.45, 2.75) is 13.5 Å². The first-order valence-corrected chi connectivity index (χ1v) is 5.96. The van der Waals surface area contributed by atoms with Gasteiger partial charge in [0, 0.05) is 19.6 Å². The molecule has 4 heteroatoms. The highest BCUT2D eigenvalue weighted by Crippen LogP contribution is 1.96. The number of amides is 2. The molecule has 0 saturated carbocycles. The van der Waals surface area contributed by atoms with Crippen molar-refractivity contribution in [3.8, 4) is 0 Å². The van der Waals surface area contributed by atoms with Crippen molar-refractivity contribution < 1.29 is 4.79 Å². The van der Waals surface area contributed by atoms with Crippen LogP contribution in [0.15, 0.2) is 30.3 Å². The molecule has 0 aliphatic heterocycles. The zero-order valence-corrected chi connectivity index (χ0v) is 10.6. The highest BCUT2D eigenvalue weighted by atomic mass is 16.2.